The fourth-order valence-corrected chi connectivity index (χ4v) is 7.30. The first-order valence-corrected chi connectivity index (χ1v) is 9.83. The van der Waals surface area contributed by atoms with Gasteiger partial charge in [0, 0.05) is 5.92 Å². The zero-order chi connectivity index (χ0) is 17.3. The summed E-state index contributed by atoms with van der Waals surface area (Å²) in [5.41, 5.74) is 0.0673. The second-order valence-electron chi connectivity index (χ2n) is 9.61. The van der Waals surface area contributed by atoms with Crippen molar-refractivity contribution in [3.05, 3.63) is 12.2 Å². The summed E-state index contributed by atoms with van der Waals surface area (Å²) < 4.78 is 0. The Hall–Kier alpha value is -0.670. The van der Waals surface area contributed by atoms with Crippen LogP contribution >= 0.6 is 0 Å². The molecule has 3 fully saturated rings. The molecule has 4 aliphatic rings. The lowest BCUT2D eigenvalue weighted by Crippen LogP contribution is -2.57. The van der Waals surface area contributed by atoms with Crippen LogP contribution in [0.3, 0.4) is 0 Å². The van der Waals surface area contributed by atoms with Gasteiger partial charge in [0.25, 0.3) is 0 Å². The van der Waals surface area contributed by atoms with E-state index in [9.17, 15) is 15.0 Å². The molecule has 4 aliphatic carbocycles. The first-order chi connectivity index (χ1) is 11.3. The summed E-state index contributed by atoms with van der Waals surface area (Å²) in [6, 6.07) is 0. The van der Waals surface area contributed by atoms with Crippen LogP contribution in [-0.2, 0) is 4.79 Å². The van der Waals surface area contributed by atoms with Crippen LogP contribution in [0.5, 0.6) is 0 Å². The van der Waals surface area contributed by atoms with Crippen molar-refractivity contribution in [1.82, 2.24) is 0 Å². The molecule has 0 aliphatic heterocycles. The van der Waals surface area contributed by atoms with E-state index in [4.69, 9.17) is 0 Å². The van der Waals surface area contributed by atoms with E-state index in [0.29, 0.717) is 23.5 Å². The molecule has 0 bridgehead atoms. The SMILES string of the molecule is CC(=O)C1CCC2C3CC(O)C4CC(O)CCC4(C)C3C=CC12C. The number of hydrogen-bond donors (Lipinski definition) is 2. The molecule has 24 heavy (non-hydrogen) atoms. The molecule has 0 spiro atoms. The molecule has 3 heteroatoms. The van der Waals surface area contributed by atoms with Gasteiger partial charge in [0.1, 0.15) is 5.78 Å². The zero-order valence-electron chi connectivity index (χ0n) is 15.2. The Labute approximate surface area is 145 Å². The minimum atomic E-state index is -0.307. The highest BCUT2D eigenvalue weighted by Gasteiger charge is 2.60. The van der Waals surface area contributed by atoms with Crippen LogP contribution < -0.4 is 0 Å². The van der Waals surface area contributed by atoms with Crippen molar-refractivity contribution in [1.29, 1.82) is 0 Å². The van der Waals surface area contributed by atoms with Crippen molar-refractivity contribution in [2.45, 2.75) is 71.5 Å². The van der Waals surface area contributed by atoms with Crippen LogP contribution in [0.25, 0.3) is 0 Å². The number of fused-ring (bicyclic) bond motifs is 5. The summed E-state index contributed by atoms with van der Waals surface area (Å²) in [6.45, 7) is 6.36. The molecule has 3 nitrogen and oxygen atoms in total. The van der Waals surface area contributed by atoms with E-state index in [1.54, 1.807) is 6.92 Å². The van der Waals surface area contributed by atoms with Crippen molar-refractivity contribution in [2.24, 2.45) is 40.4 Å². The number of aliphatic hydroxyl groups excluding tert-OH is 2. The van der Waals surface area contributed by atoms with Gasteiger partial charge in [0.05, 0.1) is 12.2 Å². The number of rotatable bonds is 1. The lowest BCUT2D eigenvalue weighted by Gasteiger charge is -2.59. The number of aliphatic hydroxyl groups is 2. The van der Waals surface area contributed by atoms with E-state index in [0.717, 1.165) is 38.5 Å². The summed E-state index contributed by atoms with van der Waals surface area (Å²) in [7, 11) is 0. The molecule has 0 aromatic carbocycles. The Morgan fingerprint density at radius 1 is 1.08 bits per heavy atom. The average molecular weight is 332 g/mol. The van der Waals surface area contributed by atoms with E-state index in [-0.39, 0.29) is 34.9 Å². The molecule has 0 heterocycles. The van der Waals surface area contributed by atoms with Crippen LogP contribution in [-0.4, -0.2) is 28.2 Å². The van der Waals surface area contributed by atoms with Gasteiger partial charge < -0.3 is 10.2 Å². The van der Waals surface area contributed by atoms with Gasteiger partial charge in [-0.2, -0.15) is 0 Å². The largest absolute Gasteiger partial charge is 0.393 e. The maximum absolute atomic E-state index is 12.1. The predicted molar refractivity (Wildman–Crippen MR) is 93.2 cm³/mol. The van der Waals surface area contributed by atoms with Crippen LogP contribution in [0.4, 0.5) is 0 Å². The fraction of sp³-hybridized carbons (Fsp3) is 0.857. The summed E-state index contributed by atoms with van der Waals surface area (Å²) in [5.74, 6) is 2.17. The normalized spacial score (nSPS) is 56.3. The molecular formula is C21H32O3. The molecule has 0 saturated heterocycles. The van der Waals surface area contributed by atoms with Crippen molar-refractivity contribution < 1.29 is 15.0 Å². The van der Waals surface area contributed by atoms with E-state index in [1.807, 2.05) is 0 Å². The van der Waals surface area contributed by atoms with E-state index in [1.165, 1.54) is 0 Å². The highest BCUT2D eigenvalue weighted by molar-refractivity contribution is 5.80. The lowest BCUT2D eigenvalue weighted by atomic mass is 9.46. The minimum absolute atomic E-state index is 0.0237. The number of allylic oxidation sites excluding steroid dienone is 2. The molecule has 3 saturated carbocycles. The molecule has 9 unspecified atom stereocenters. The molecule has 0 aromatic rings. The quantitative estimate of drug-likeness (QED) is 0.724. The van der Waals surface area contributed by atoms with E-state index < -0.39 is 0 Å². The summed E-state index contributed by atoms with van der Waals surface area (Å²) in [6.07, 6.45) is 9.76. The highest BCUT2D eigenvalue weighted by atomic mass is 16.3. The molecule has 2 N–H and O–H groups in total. The Balaban J connectivity index is 1.71. The third kappa shape index (κ3) is 2.13. The van der Waals surface area contributed by atoms with Gasteiger partial charge in [-0.25, -0.2) is 0 Å². The fourth-order valence-electron chi connectivity index (χ4n) is 7.30. The van der Waals surface area contributed by atoms with Crippen LogP contribution in [0, 0.1) is 40.4 Å². The predicted octanol–water partition coefficient (Wildman–Crippen LogP) is 3.34. The standard InChI is InChI=1S/C21H32O3/c1-12(22)15-4-5-16-14-11-19(24)18-10-13(23)6-8-21(18,3)17(14)7-9-20(15,16)2/h7,9,13-19,23-24H,4-6,8,10-11H2,1-3H3. The first kappa shape index (κ1) is 16.8. The molecule has 0 radical (unpaired) electrons. The van der Waals surface area contributed by atoms with Crippen LogP contribution in [0.15, 0.2) is 12.2 Å². The third-order valence-electron chi connectivity index (χ3n) is 8.58. The number of carbonyl (C=O) groups excluding carboxylic acids is 1. The van der Waals surface area contributed by atoms with E-state index in [2.05, 4.69) is 26.0 Å². The van der Waals surface area contributed by atoms with Gasteiger partial charge in [-0.05, 0) is 80.0 Å². The van der Waals surface area contributed by atoms with Gasteiger partial charge in [-0.1, -0.05) is 26.0 Å². The zero-order valence-corrected chi connectivity index (χ0v) is 15.2. The molecule has 134 valence electrons. The second-order valence-corrected chi connectivity index (χ2v) is 9.61. The lowest BCUT2D eigenvalue weighted by molar-refractivity contribution is -0.141. The summed E-state index contributed by atoms with van der Waals surface area (Å²) in [5, 5.41) is 21.0. The Morgan fingerprint density at radius 2 is 1.83 bits per heavy atom. The van der Waals surface area contributed by atoms with Gasteiger partial charge in [0.15, 0.2) is 0 Å². The molecule has 0 amide bonds. The van der Waals surface area contributed by atoms with Gasteiger partial charge in [-0.3, -0.25) is 4.79 Å². The maximum atomic E-state index is 12.1. The highest BCUT2D eigenvalue weighted by Crippen LogP contribution is 2.65. The number of ketones is 1. The topological polar surface area (TPSA) is 57.5 Å². The molecule has 9 atom stereocenters. The summed E-state index contributed by atoms with van der Waals surface area (Å²) in [4.78, 5) is 12.1. The van der Waals surface area contributed by atoms with Gasteiger partial charge in [-0.15, -0.1) is 0 Å². The Kier molecular flexibility index (Phi) is 3.78. The number of Topliss-reactive ketones (excluding diaryl/α,β-unsaturated/α-hetero) is 1. The van der Waals surface area contributed by atoms with E-state index >= 15 is 0 Å². The van der Waals surface area contributed by atoms with Gasteiger partial charge in [0.2, 0.25) is 0 Å². The molecule has 4 rings (SSSR count). The van der Waals surface area contributed by atoms with Crippen molar-refractivity contribution in [3.8, 4) is 0 Å². The average Bonchev–Trinajstić information content (AvgIpc) is 2.87. The second kappa shape index (κ2) is 5.41. The van der Waals surface area contributed by atoms with Gasteiger partial charge >= 0.3 is 0 Å². The smallest absolute Gasteiger partial charge is 0.133 e. The number of carbonyl (C=O) groups is 1. The van der Waals surface area contributed by atoms with Crippen molar-refractivity contribution in [2.75, 3.05) is 0 Å². The van der Waals surface area contributed by atoms with Crippen molar-refractivity contribution in [3.63, 3.8) is 0 Å². The Morgan fingerprint density at radius 3 is 2.54 bits per heavy atom. The first-order valence-electron chi connectivity index (χ1n) is 9.83. The molecular weight excluding hydrogens is 300 g/mol. The molecule has 0 aromatic heterocycles. The number of hydrogen-bond acceptors (Lipinski definition) is 3. The monoisotopic (exact) mass is 332 g/mol. The van der Waals surface area contributed by atoms with Crippen LogP contribution in [0.2, 0.25) is 0 Å². The minimum Gasteiger partial charge on any atom is -0.393 e. The van der Waals surface area contributed by atoms with Crippen molar-refractivity contribution >= 4 is 5.78 Å². The Bertz CT molecular complexity index is 569. The third-order valence-corrected chi connectivity index (χ3v) is 8.58. The summed E-state index contributed by atoms with van der Waals surface area (Å²) >= 11 is 0. The maximum Gasteiger partial charge on any atom is 0.133 e. The van der Waals surface area contributed by atoms with Crippen LogP contribution in [0.1, 0.15) is 59.3 Å².